The summed E-state index contributed by atoms with van der Waals surface area (Å²) in [5, 5.41) is 0. The van der Waals surface area contributed by atoms with Gasteiger partial charge in [0.25, 0.3) is 14.1 Å². The molecule has 0 aliphatic carbocycles. The van der Waals surface area contributed by atoms with E-state index in [9.17, 15) is 9.59 Å². The lowest BCUT2D eigenvalue weighted by Gasteiger charge is -2.37. The number of aromatic nitrogens is 2. The highest BCUT2D eigenvalue weighted by Gasteiger charge is 2.47. The van der Waals surface area contributed by atoms with E-state index in [1.165, 1.54) is 16.7 Å². The Morgan fingerprint density at radius 2 is 1.90 bits per heavy atom. The van der Waals surface area contributed by atoms with E-state index in [4.69, 9.17) is 15.2 Å². The standard InChI is InChI=1S/C28H43FN3O5PS2/c1-18(2)32(19(3)4)38(35-17-11-13-21-12-9-10-14-22(21)39-40-28(6,7)8)37-25-20(5)36-26(24(25)29)31-16-15-23(33)30-27(31)34/h9-10,12,14-16,18-20,24-26H,11,13,17H2,1-8H3,(H,30,33,34)/t20-,24+,25?,26-,38?/m1/s1/i5D. The summed E-state index contributed by atoms with van der Waals surface area (Å²) in [4.78, 5) is 27.2. The van der Waals surface area contributed by atoms with Crippen LogP contribution in [0.15, 0.2) is 51.0 Å². The van der Waals surface area contributed by atoms with Gasteiger partial charge < -0.3 is 13.8 Å². The minimum atomic E-state index is -1.74. The monoisotopic (exact) mass is 616 g/mol. The summed E-state index contributed by atoms with van der Waals surface area (Å²) >= 11 is 0. The van der Waals surface area contributed by atoms with Gasteiger partial charge in [0.15, 0.2) is 12.4 Å². The molecule has 1 saturated heterocycles. The van der Waals surface area contributed by atoms with E-state index >= 15 is 4.39 Å². The van der Waals surface area contributed by atoms with Crippen molar-refractivity contribution in [2.75, 3.05) is 6.61 Å². The summed E-state index contributed by atoms with van der Waals surface area (Å²) in [5.41, 5.74) is -0.109. The highest BCUT2D eigenvalue weighted by atomic mass is 33.1. The van der Waals surface area contributed by atoms with Crippen molar-refractivity contribution >= 4 is 30.1 Å². The molecule has 12 heteroatoms. The van der Waals surface area contributed by atoms with Crippen LogP contribution in [0.3, 0.4) is 0 Å². The zero-order valence-electron chi connectivity index (χ0n) is 25.3. The Balaban J connectivity index is 1.73. The van der Waals surface area contributed by atoms with Crippen LogP contribution >= 0.6 is 30.1 Å². The third-order valence-electron chi connectivity index (χ3n) is 6.00. The molecule has 8 nitrogen and oxygen atoms in total. The third kappa shape index (κ3) is 9.15. The second-order valence-corrected chi connectivity index (χ2v) is 15.6. The molecule has 1 aromatic heterocycles. The van der Waals surface area contributed by atoms with Gasteiger partial charge in [-0.15, -0.1) is 0 Å². The largest absolute Gasteiger partial charge is 0.349 e. The van der Waals surface area contributed by atoms with Gasteiger partial charge in [0.05, 0.1) is 12.7 Å². The first kappa shape index (κ1) is 31.7. The van der Waals surface area contributed by atoms with E-state index in [2.05, 4.69) is 48.6 Å². The first-order valence-corrected chi connectivity index (χ1v) is 16.8. The fraction of sp³-hybridized carbons (Fsp3) is 0.643. The van der Waals surface area contributed by atoms with E-state index < -0.39 is 44.4 Å². The molecule has 0 saturated carbocycles. The summed E-state index contributed by atoms with van der Waals surface area (Å²) in [5.74, 6) is 0. The lowest BCUT2D eigenvalue weighted by molar-refractivity contribution is -0.0180. The Kier molecular flexibility index (Phi) is 11.7. The first-order chi connectivity index (χ1) is 19.3. The van der Waals surface area contributed by atoms with Gasteiger partial charge in [-0.1, -0.05) is 60.6 Å². The summed E-state index contributed by atoms with van der Waals surface area (Å²) in [6.45, 7) is 14.9. The van der Waals surface area contributed by atoms with Crippen LogP contribution in [0.5, 0.6) is 0 Å². The van der Waals surface area contributed by atoms with Gasteiger partial charge in [-0.3, -0.25) is 14.3 Å². The van der Waals surface area contributed by atoms with Gasteiger partial charge in [-0.05, 0) is 59.1 Å². The normalized spacial score (nSPS) is 22.8. The molecular weight excluding hydrogens is 572 g/mol. The van der Waals surface area contributed by atoms with Crippen molar-refractivity contribution in [3.05, 3.63) is 62.9 Å². The molecule has 0 bridgehead atoms. The van der Waals surface area contributed by atoms with E-state index in [1.54, 1.807) is 10.8 Å². The fourth-order valence-corrected chi connectivity index (χ4v) is 8.33. The van der Waals surface area contributed by atoms with Crippen molar-refractivity contribution in [1.82, 2.24) is 14.2 Å². The maximum Gasteiger partial charge on any atom is 0.330 e. The van der Waals surface area contributed by atoms with Crippen molar-refractivity contribution in [2.45, 2.75) is 115 Å². The maximum absolute atomic E-state index is 15.8. The Morgan fingerprint density at radius 1 is 1.20 bits per heavy atom. The summed E-state index contributed by atoms with van der Waals surface area (Å²) in [6, 6.07) is 9.62. The fourth-order valence-electron chi connectivity index (χ4n) is 4.27. The molecule has 1 N–H and O–H groups in total. The maximum atomic E-state index is 15.8. The molecule has 1 fully saturated rings. The van der Waals surface area contributed by atoms with Gasteiger partial charge in [-0.25, -0.2) is 13.9 Å². The van der Waals surface area contributed by atoms with Gasteiger partial charge in [0.2, 0.25) is 0 Å². The topological polar surface area (TPSA) is 85.8 Å². The minimum Gasteiger partial charge on any atom is -0.349 e. The van der Waals surface area contributed by atoms with E-state index in [0.29, 0.717) is 6.61 Å². The third-order valence-corrected chi connectivity index (χ3v) is 11.6. The molecule has 1 aromatic carbocycles. The molecule has 2 unspecified atom stereocenters. The predicted octanol–water partition coefficient (Wildman–Crippen LogP) is 6.71. The zero-order valence-corrected chi connectivity index (χ0v) is 26.9. The van der Waals surface area contributed by atoms with Crippen molar-refractivity contribution < 1.29 is 19.5 Å². The van der Waals surface area contributed by atoms with E-state index in [1.807, 2.05) is 44.6 Å². The Bertz CT molecular complexity index is 1220. The van der Waals surface area contributed by atoms with Crippen LogP contribution in [0.1, 0.15) is 74.9 Å². The number of halogens is 1. The van der Waals surface area contributed by atoms with Gasteiger partial charge >= 0.3 is 5.69 Å². The predicted molar refractivity (Wildman–Crippen MR) is 164 cm³/mol. The molecule has 3 rings (SSSR count). The van der Waals surface area contributed by atoms with Gasteiger partial charge in [0, 0.05) is 35.4 Å². The van der Waals surface area contributed by atoms with Crippen LogP contribution in [-0.2, 0) is 20.2 Å². The number of aromatic amines is 1. The Labute approximate surface area is 247 Å². The molecule has 0 spiro atoms. The summed E-state index contributed by atoms with van der Waals surface area (Å²) in [6.07, 6.45) is -2.31. The molecule has 5 atom stereocenters. The average molecular weight is 617 g/mol. The highest BCUT2D eigenvalue weighted by Crippen LogP contribution is 2.50. The second kappa shape index (κ2) is 14.8. The smallest absolute Gasteiger partial charge is 0.330 e. The number of rotatable bonds is 13. The molecule has 1 aliphatic heterocycles. The molecule has 40 heavy (non-hydrogen) atoms. The molecular formula is C28H43FN3O5PS2. The van der Waals surface area contributed by atoms with Gasteiger partial charge in [0.1, 0.15) is 6.10 Å². The Hall–Kier alpha value is -1.20. The van der Waals surface area contributed by atoms with Crippen LogP contribution in [0.2, 0.25) is 0 Å². The molecule has 0 radical (unpaired) electrons. The van der Waals surface area contributed by atoms with Crippen molar-refractivity contribution in [2.24, 2.45) is 0 Å². The minimum absolute atomic E-state index is 0.0557. The van der Waals surface area contributed by atoms with Crippen LogP contribution in [-0.4, -0.2) is 56.0 Å². The van der Waals surface area contributed by atoms with Crippen molar-refractivity contribution in [1.29, 1.82) is 0 Å². The van der Waals surface area contributed by atoms with Crippen LogP contribution in [0, 0.1) is 0 Å². The number of hydrogen-bond donors (Lipinski definition) is 1. The molecule has 2 heterocycles. The SMILES string of the molecule is [2H]C[C@H]1O[C@@H](n2ccc(=O)[nH]c2=O)[C@@H](F)C1OP(OCCCc1ccccc1SSC(C)(C)C)N(C(C)C)C(C)C. The number of nitrogens with zero attached hydrogens (tertiary/aromatic N) is 2. The number of aryl methyl sites for hydroxylation is 1. The summed E-state index contributed by atoms with van der Waals surface area (Å²) < 4.78 is 45.5. The lowest BCUT2D eigenvalue weighted by atomic mass is 10.1. The molecule has 2 aromatic rings. The number of alkyl halides is 1. The zero-order chi connectivity index (χ0) is 30.3. The quantitative estimate of drug-likeness (QED) is 0.151. The number of hydrogen-bond acceptors (Lipinski definition) is 8. The number of benzene rings is 1. The lowest BCUT2D eigenvalue weighted by Crippen LogP contribution is -2.38. The highest BCUT2D eigenvalue weighted by molar-refractivity contribution is 8.77. The van der Waals surface area contributed by atoms with Crippen LogP contribution in [0.25, 0.3) is 0 Å². The number of nitrogens with one attached hydrogen (secondary N) is 1. The summed E-state index contributed by atoms with van der Waals surface area (Å²) in [7, 11) is 1.91. The first-order valence-electron chi connectivity index (χ1n) is 14.2. The molecule has 224 valence electrons. The second-order valence-electron chi connectivity index (χ2n) is 11.2. The number of ether oxygens (including phenoxy) is 1. The van der Waals surface area contributed by atoms with Crippen molar-refractivity contribution in [3.8, 4) is 0 Å². The van der Waals surface area contributed by atoms with E-state index in [-0.39, 0.29) is 23.7 Å². The van der Waals surface area contributed by atoms with Gasteiger partial charge in [-0.2, -0.15) is 0 Å². The number of H-pyrrole nitrogens is 1. The van der Waals surface area contributed by atoms with Crippen molar-refractivity contribution in [3.63, 3.8) is 0 Å². The van der Waals surface area contributed by atoms with Crippen LogP contribution in [0.4, 0.5) is 4.39 Å². The van der Waals surface area contributed by atoms with E-state index in [0.717, 1.165) is 23.5 Å². The molecule has 0 amide bonds. The Morgan fingerprint density at radius 3 is 2.52 bits per heavy atom. The van der Waals surface area contributed by atoms with Crippen LogP contribution < -0.4 is 11.2 Å². The molecule has 1 aliphatic rings. The average Bonchev–Trinajstić information content (AvgIpc) is 3.19.